The van der Waals surface area contributed by atoms with Crippen LogP contribution in [0.3, 0.4) is 0 Å². The number of para-hydroxylation sites is 1. The first-order valence-corrected chi connectivity index (χ1v) is 7.00. The van der Waals surface area contributed by atoms with E-state index in [0.29, 0.717) is 15.8 Å². The monoisotopic (exact) mass is 279 g/mol. The second-order valence-corrected chi connectivity index (χ2v) is 5.64. The van der Waals surface area contributed by atoms with Crippen molar-refractivity contribution in [1.82, 2.24) is 0 Å². The van der Waals surface area contributed by atoms with Gasteiger partial charge in [0.2, 0.25) is 0 Å². The molecule has 1 aliphatic rings. The van der Waals surface area contributed by atoms with Gasteiger partial charge in [0.05, 0.1) is 15.8 Å². The highest BCUT2D eigenvalue weighted by atomic mass is 32.1. The molecule has 3 nitrogen and oxygen atoms in total. The molecular weight excluding hydrogens is 270 g/mol. The first-order valence-electron chi connectivity index (χ1n) is 6.19. The number of hydrogen-bond donors (Lipinski definition) is 1. The number of aromatic hydroxyl groups is 1. The summed E-state index contributed by atoms with van der Waals surface area (Å²) in [5, 5.41) is 12.6. The summed E-state index contributed by atoms with van der Waals surface area (Å²) in [7, 11) is 0. The van der Waals surface area contributed by atoms with E-state index >= 15 is 0 Å². The first kappa shape index (κ1) is 11.4. The predicted molar refractivity (Wildman–Crippen MR) is 78.2 cm³/mol. The van der Waals surface area contributed by atoms with Gasteiger partial charge in [-0.1, -0.05) is 30.3 Å². The molecule has 0 fully saturated rings. The maximum atomic E-state index is 12.2. The second-order valence-electron chi connectivity index (χ2n) is 4.59. The lowest BCUT2D eigenvalue weighted by molar-refractivity contribution is -0.112. The van der Waals surface area contributed by atoms with Crippen molar-refractivity contribution in [1.29, 1.82) is 0 Å². The highest BCUT2D eigenvalue weighted by Gasteiger charge is 2.24. The van der Waals surface area contributed by atoms with E-state index in [-0.39, 0.29) is 11.7 Å². The molecule has 0 saturated heterocycles. The van der Waals surface area contributed by atoms with E-state index in [0.717, 1.165) is 15.3 Å². The molecule has 2 aromatic carbocycles. The van der Waals surface area contributed by atoms with E-state index in [1.54, 1.807) is 0 Å². The molecule has 96 valence electrons. The van der Waals surface area contributed by atoms with Crippen LogP contribution in [0.1, 0.15) is 4.88 Å². The Kier molecular flexibility index (Phi) is 2.28. The number of carbonyl (C=O) groups excluding carboxylic acids is 1. The topological polar surface area (TPSA) is 49.7 Å². The van der Waals surface area contributed by atoms with E-state index in [1.807, 2.05) is 48.5 Å². The van der Waals surface area contributed by atoms with Gasteiger partial charge in [-0.25, -0.2) is 4.99 Å². The van der Waals surface area contributed by atoms with E-state index in [9.17, 15) is 9.90 Å². The van der Waals surface area contributed by atoms with E-state index < -0.39 is 0 Å². The molecule has 1 amide bonds. The SMILES string of the molecule is O=C1N=c2ccccc2=C1c1sc2ccccc2c1O. The maximum absolute atomic E-state index is 12.2. The van der Waals surface area contributed by atoms with Crippen molar-refractivity contribution in [2.24, 2.45) is 4.99 Å². The van der Waals surface area contributed by atoms with Crippen molar-refractivity contribution in [2.45, 2.75) is 0 Å². The lowest BCUT2D eigenvalue weighted by Crippen LogP contribution is -2.22. The quantitative estimate of drug-likeness (QED) is 0.740. The van der Waals surface area contributed by atoms with Crippen molar-refractivity contribution in [2.75, 3.05) is 0 Å². The largest absolute Gasteiger partial charge is 0.506 e. The Morgan fingerprint density at radius 3 is 2.60 bits per heavy atom. The molecule has 1 aromatic heterocycles. The van der Waals surface area contributed by atoms with Crippen LogP contribution in [0.5, 0.6) is 5.75 Å². The zero-order valence-electron chi connectivity index (χ0n) is 10.3. The van der Waals surface area contributed by atoms with E-state index in [1.165, 1.54) is 11.3 Å². The van der Waals surface area contributed by atoms with Crippen LogP contribution < -0.4 is 10.6 Å². The highest BCUT2D eigenvalue weighted by Crippen LogP contribution is 2.40. The number of amides is 1. The molecule has 0 atom stereocenters. The molecule has 1 aliphatic heterocycles. The fourth-order valence-electron chi connectivity index (χ4n) is 2.48. The molecule has 0 spiro atoms. The van der Waals surface area contributed by atoms with Crippen molar-refractivity contribution >= 4 is 32.9 Å². The van der Waals surface area contributed by atoms with Crippen LogP contribution in [0.15, 0.2) is 53.5 Å². The summed E-state index contributed by atoms with van der Waals surface area (Å²) in [5.41, 5.74) is 0.499. The molecule has 4 rings (SSSR count). The van der Waals surface area contributed by atoms with Gasteiger partial charge in [0, 0.05) is 15.3 Å². The van der Waals surface area contributed by atoms with Crippen LogP contribution >= 0.6 is 11.3 Å². The van der Waals surface area contributed by atoms with Gasteiger partial charge in [-0.05, 0) is 18.2 Å². The summed E-state index contributed by atoms with van der Waals surface area (Å²) in [6, 6.07) is 15.0. The Labute approximate surface area is 118 Å². The Balaban J connectivity index is 2.13. The minimum absolute atomic E-state index is 0.167. The van der Waals surface area contributed by atoms with Gasteiger partial charge in [0.25, 0.3) is 5.91 Å². The number of fused-ring (bicyclic) bond motifs is 2. The van der Waals surface area contributed by atoms with Gasteiger partial charge < -0.3 is 5.11 Å². The summed E-state index contributed by atoms with van der Waals surface area (Å²) >= 11 is 1.42. The van der Waals surface area contributed by atoms with Crippen LogP contribution in [-0.2, 0) is 4.79 Å². The lowest BCUT2D eigenvalue weighted by atomic mass is 10.1. The number of benzene rings is 2. The van der Waals surface area contributed by atoms with Crippen LogP contribution in [0.4, 0.5) is 0 Å². The summed E-state index contributed by atoms with van der Waals surface area (Å²) in [5.74, 6) is -0.117. The smallest absolute Gasteiger partial charge is 0.279 e. The lowest BCUT2D eigenvalue weighted by Gasteiger charge is -1.97. The molecule has 1 N–H and O–H groups in total. The van der Waals surface area contributed by atoms with Crippen LogP contribution in [-0.4, -0.2) is 11.0 Å². The summed E-state index contributed by atoms with van der Waals surface area (Å²) in [4.78, 5) is 16.8. The summed E-state index contributed by atoms with van der Waals surface area (Å²) in [6.45, 7) is 0. The molecule has 0 bridgehead atoms. The number of carbonyl (C=O) groups is 1. The van der Waals surface area contributed by atoms with Crippen LogP contribution in [0.25, 0.3) is 15.7 Å². The number of hydrogen-bond acceptors (Lipinski definition) is 3. The standard InChI is InChI=1S/C16H9NO2S/c18-14-10-6-2-4-8-12(10)20-15(14)13-9-5-1-3-7-11(9)17-16(13)19/h1-8,18H. The van der Waals surface area contributed by atoms with Crippen molar-refractivity contribution in [3.8, 4) is 5.75 Å². The second kappa shape index (κ2) is 4.02. The Morgan fingerprint density at radius 2 is 1.75 bits per heavy atom. The van der Waals surface area contributed by atoms with Gasteiger partial charge in [-0.15, -0.1) is 11.3 Å². The average molecular weight is 279 g/mol. The molecular formula is C16H9NO2S. The third-order valence-electron chi connectivity index (χ3n) is 3.41. The van der Waals surface area contributed by atoms with Crippen molar-refractivity contribution in [3.05, 3.63) is 64.0 Å². The third kappa shape index (κ3) is 1.45. The normalized spacial score (nSPS) is 13.6. The summed E-state index contributed by atoms with van der Waals surface area (Å²) < 4.78 is 0.963. The minimum atomic E-state index is -0.284. The zero-order valence-corrected chi connectivity index (χ0v) is 11.1. The van der Waals surface area contributed by atoms with Gasteiger partial charge in [0.1, 0.15) is 5.75 Å². The molecule has 0 saturated carbocycles. The zero-order chi connectivity index (χ0) is 13.7. The molecule has 4 heteroatoms. The van der Waals surface area contributed by atoms with Gasteiger partial charge >= 0.3 is 0 Å². The Hall–Kier alpha value is -2.46. The summed E-state index contributed by atoms with van der Waals surface area (Å²) in [6.07, 6.45) is 0. The minimum Gasteiger partial charge on any atom is -0.506 e. The van der Waals surface area contributed by atoms with Gasteiger partial charge in [0.15, 0.2) is 0 Å². The number of nitrogens with zero attached hydrogens (tertiary/aromatic N) is 1. The molecule has 0 aliphatic carbocycles. The van der Waals surface area contributed by atoms with E-state index in [4.69, 9.17) is 0 Å². The molecule has 20 heavy (non-hydrogen) atoms. The van der Waals surface area contributed by atoms with Crippen LogP contribution in [0, 0.1) is 0 Å². The van der Waals surface area contributed by atoms with E-state index in [2.05, 4.69) is 4.99 Å². The fraction of sp³-hybridized carbons (Fsp3) is 0. The average Bonchev–Trinajstić information content (AvgIpc) is 2.96. The molecule has 0 unspecified atom stereocenters. The Bertz CT molecular complexity index is 985. The number of rotatable bonds is 1. The Morgan fingerprint density at radius 1 is 1.00 bits per heavy atom. The molecule has 3 aromatic rings. The van der Waals surface area contributed by atoms with Gasteiger partial charge in [-0.2, -0.15) is 0 Å². The van der Waals surface area contributed by atoms with Crippen molar-refractivity contribution < 1.29 is 9.90 Å². The molecule has 0 radical (unpaired) electrons. The predicted octanol–water partition coefficient (Wildman–Crippen LogP) is 1.97. The van der Waals surface area contributed by atoms with Crippen molar-refractivity contribution in [3.63, 3.8) is 0 Å². The van der Waals surface area contributed by atoms with Crippen LogP contribution in [0.2, 0.25) is 0 Å². The highest BCUT2D eigenvalue weighted by molar-refractivity contribution is 7.20. The fourth-order valence-corrected chi connectivity index (χ4v) is 3.63. The van der Waals surface area contributed by atoms with Gasteiger partial charge in [-0.3, -0.25) is 4.79 Å². The maximum Gasteiger partial charge on any atom is 0.279 e. The molecule has 2 heterocycles. The third-order valence-corrected chi connectivity index (χ3v) is 4.58. The number of thiophene rings is 1. The first-order chi connectivity index (χ1) is 9.75.